The molecule has 0 nitrogen and oxygen atoms in total. The second-order valence-electron chi connectivity index (χ2n) is 19.9. The summed E-state index contributed by atoms with van der Waals surface area (Å²) in [7, 11) is -1.13. The summed E-state index contributed by atoms with van der Waals surface area (Å²) in [6.45, 7) is 4.94. The van der Waals surface area contributed by atoms with Crippen LogP contribution in [0.1, 0.15) is 22.3 Å². The molecule has 1 spiro atoms. The van der Waals surface area contributed by atoms with Crippen LogP contribution in [0.4, 0.5) is 0 Å². The van der Waals surface area contributed by atoms with Crippen LogP contribution >= 0.6 is 15.1 Å². The summed E-state index contributed by atoms with van der Waals surface area (Å²) in [5.74, 6) is 0. The fourth-order valence-corrected chi connectivity index (χ4v) is 18.4. The van der Waals surface area contributed by atoms with E-state index in [1.807, 2.05) is 0 Å². The lowest BCUT2D eigenvalue weighted by Gasteiger charge is -2.33. The standard InChI is InChI=1S/C69H44P2/c1-70-62-37-13-8-23-47(62)53-32-17-30-51(67(53)70)43-26-15-28-49-56(43)40-57-44(52-31-18-33-54-48-24-9-14-38-63(48)71(2)68(52)54)27-16-29-50(57)64(49)58-39-41-19-3-4-20-42(41)65-55-25-7-12-36-61(55)69(66(58)65)59-34-10-5-21-45(59)46-22-6-11-35-60(46)69/h3-40H,1-2H3. The SMILES string of the molecule is Cp1c2ccccc2c2cccc(-c3cccc4c(-c5cc6ccccc6c6c5C5(c7ccccc7-c7ccccc75)c5ccccc5-6)c5cccc(-c6cccc7c8ccccc8p(C)c67)c5cc34)c21. The highest BCUT2D eigenvalue weighted by Gasteiger charge is 2.53. The van der Waals surface area contributed by atoms with Crippen molar-refractivity contribution < 1.29 is 0 Å². The van der Waals surface area contributed by atoms with Crippen LogP contribution in [0.3, 0.4) is 0 Å². The third-order valence-corrected chi connectivity index (χ3v) is 21.3. The van der Waals surface area contributed by atoms with Crippen LogP contribution in [0, 0.1) is 0 Å². The van der Waals surface area contributed by atoms with Crippen molar-refractivity contribution in [3.8, 4) is 55.6 Å². The molecule has 71 heavy (non-hydrogen) atoms. The molecule has 330 valence electrons. The van der Waals surface area contributed by atoms with E-state index < -0.39 is 20.5 Å². The summed E-state index contributed by atoms with van der Waals surface area (Å²) >= 11 is 0. The monoisotopic (exact) mass is 934 g/mol. The van der Waals surface area contributed by atoms with E-state index >= 15 is 0 Å². The van der Waals surface area contributed by atoms with Crippen molar-refractivity contribution in [2.24, 2.45) is 13.3 Å². The highest BCUT2D eigenvalue weighted by molar-refractivity contribution is 7.60. The maximum Gasteiger partial charge on any atom is 0.0731 e. The zero-order chi connectivity index (χ0) is 46.7. The van der Waals surface area contributed by atoms with Gasteiger partial charge < -0.3 is 0 Å². The Morgan fingerprint density at radius 1 is 0.268 bits per heavy atom. The van der Waals surface area contributed by atoms with Gasteiger partial charge in [0.15, 0.2) is 0 Å². The molecule has 0 saturated heterocycles. The van der Waals surface area contributed by atoms with Crippen LogP contribution in [-0.2, 0) is 18.7 Å². The van der Waals surface area contributed by atoms with Gasteiger partial charge in [-0.05, 0) is 157 Å². The van der Waals surface area contributed by atoms with Gasteiger partial charge in [-0.25, -0.2) is 0 Å². The molecule has 2 aliphatic rings. The molecule has 0 radical (unpaired) electrons. The Bertz CT molecular complexity index is 4450. The average Bonchev–Trinajstić information content (AvgIpc) is 4.12. The number of aryl methyl sites for hydroxylation is 2. The van der Waals surface area contributed by atoms with Gasteiger partial charge in [0.2, 0.25) is 0 Å². The minimum atomic E-state index is -0.564. The van der Waals surface area contributed by atoms with Crippen LogP contribution in [0.15, 0.2) is 231 Å². The van der Waals surface area contributed by atoms with Gasteiger partial charge in [-0.15, -0.1) is 15.1 Å². The summed E-state index contributed by atoms with van der Waals surface area (Å²) in [5.41, 5.74) is 18.2. The smallest absolute Gasteiger partial charge is 0.0731 e. The molecule has 0 bridgehead atoms. The number of rotatable bonds is 3. The molecule has 0 saturated carbocycles. The number of fused-ring (bicyclic) bond motifs is 20. The lowest BCUT2D eigenvalue weighted by atomic mass is 9.68. The second-order valence-corrected chi connectivity index (χ2v) is 24.0. The number of benzene rings is 12. The minimum Gasteiger partial charge on any atom is -0.111 e. The van der Waals surface area contributed by atoms with Crippen molar-refractivity contribution in [1.29, 1.82) is 0 Å². The van der Waals surface area contributed by atoms with Crippen molar-refractivity contribution in [1.82, 2.24) is 0 Å². The minimum absolute atomic E-state index is 0.545. The Labute approximate surface area is 414 Å². The van der Waals surface area contributed by atoms with E-state index in [-0.39, 0.29) is 0 Å². The molecule has 12 aromatic carbocycles. The van der Waals surface area contributed by atoms with E-state index in [4.69, 9.17) is 0 Å². The van der Waals surface area contributed by atoms with Crippen molar-refractivity contribution in [2.45, 2.75) is 5.41 Å². The molecule has 2 unspecified atom stereocenters. The highest BCUT2D eigenvalue weighted by atomic mass is 31.1. The average molecular weight is 935 g/mol. The summed E-state index contributed by atoms with van der Waals surface area (Å²) in [4.78, 5) is 0. The predicted octanol–water partition coefficient (Wildman–Crippen LogP) is 20.2. The first-order valence-electron chi connectivity index (χ1n) is 24.9. The fourth-order valence-electron chi connectivity index (χ4n) is 14.0. The molecule has 2 heteroatoms. The number of hydrogen-bond donors (Lipinski definition) is 0. The summed E-state index contributed by atoms with van der Waals surface area (Å²) in [6, 6.07) is 88.9. The molecule has 0 N–H and O–H groups in total. The summed E-state index contributed by atoms with van der Waals surface area (Å²) in [6.07, 6.45) is 0. The Hall–Kier alpha value is -7.98. The molecule has 2 aliphatic carbocycles. The van der Waals surface area contributed by atoms with Crippen molar-refractivity contribution >= 4 is 89.4 Å². The first-order valence-corrected chi connectivity index (χ1v) is 28.5. The van der Waals surface area contributed by atoms with Gasteiger partial charge in [0.1, 0.15) is 0 Å². The molecule has 16 rings (SSSR count). The van der Waals surface area contributed by atoms with Gasteiger partial charge in [-0.3, -0.25) is 0 Å². The van der Waals surface area contributed by atoms with Crippen LogP contribution < -0.4 is 0 Å². The summed E-state index contributed by atoms with van der Waals surface area (Å²) in [5, 5.41) is 19.2. The third-order valence-electron chi connectivity index (χ3n) is 16.7. The van der Waals surface area contributed by atoms with Crippen molar-refractivity contribution in [3.63, 3.8) is 0 Å². The van der Waals surface area contributed by atoms with E-state index in [2.05, 4.69) is 244 Å². The third kappa shape index (κ3) is 5.07. The molecular weight excluding hydrogens is 891 g/mol. The summed E-state index contributed by atoms with van der Waals surface area (Å²) < 4.78 is 0. The van der Waals surface area contributed by atoms with Crippen molar-refractivity contribution in [2.75, 3.05) is 0 Å². The maximum atomic E-state index is 2.59. The Morgan fingerprint density at radius 2 is 0.662 bits per heavy atom. The quantitative estimate of drug-likeness (QED) is 0.155. The Kier molecular flexibility index (Phi) is 8.16. The first-order chi connectivity index (χ1) is 35.1. The lowest BCUT2D eigenvalue weighted by Crippen LogP contribution is -2.26. The first kappa shape index (κ1) is 39.8. The topological polar surface area (TPSA) is 0 Å². The van der Waals surface area contributed by atoms with Gasteiger partial charge >= 0.3 is 0 Å². The Balaban J connectivity index is 1.12. The van der Waals surface area contributed by atoms with Crippen LogP contribution in [0.5, 0.6) is 0 Å². The van der Waals surface area contributed by atoms with Crippen LogP contribution in [-0.4, -0.2) is 0 Å². The fraction of sp³-hybridized carbons (Fsp3) is 0.0435. The molecule has 2 aromatic heterocycles. The maximum absolute atomic E-state index is 2.59. The molecule has 14 aromatic rings. The second kappa shape index (κ2) is 14.5. The van der Waals surface area contributed by atoms with E-state index in [0.29, 0.717) is 0 Å². The molecule has 2 heterocycles. The largest absolute Gasteiger partial charge is 0.111 e. The zero-order valence-electron chi connectivity index (χ0n) is 39.3. The van der Waals surface area contributed by atoms with Gasteiger partial charge in [0, 0.05) is 20.5 Å². The van der Waals surface area contributed by atoms with E-state index in [1.54, 1.807) is 0 Å². The molecule has 0 amide bonds. The van der Waals surface area contributed by atoms with Gasteiger partial charge in [-0.1, -0.05) is 218 Å². The van der Waals surface area contributed by atoms with E-state index in [9.17, 15) is 0 Å². The molecule has 0 fully saturated rings. The predicted molar refractivity (Wildman–Crippen MR) is 309 cm³/mol. The van der Waals surface area contributed by atoms with Gasteiger partial charge in [-0.2, -0.15) is 0 Å². The highest BCUT2D eigenvalue weighted by Crippen LogP contribution is 2.66. The van der Waals surface area contributed by atoms with Gasteiger partial charge in [0.05, 0.1) is 5.41 Å². The van der Waals surface area contributed by atoms with E-state index in [1.165, 1.54) is 152 Å². The Morgan fingerprint density at radius 3 is 1.21 bits per heavy atom. The van der Waals surface area contributed by atoms with Crippen molar-refractivity contribution in [3.05, 3.63) is 253 Å². The number of hydrogen-bond acceptors (Lipinski definition) is 0. The molecule has 0 aliphatic heterocycles. The molecular formula is C69H44P2. The zero-order valence-corrected chi connectivity index (χ0v) is 41.1. The van der Waals surface area contributed by atoms with Crippen LogP contribution in [0.25, 0.3) is 130 Å². The normalized spacial score (nSPS) is 13.8. The van der Waals surface area contributed by atoms with Gasteiger partial charge in [0.25, 0.3) is 0 Å². The molecule has 2 atom stereocenters. The van der Waals surface area contributed by atoms with Crippen LogP contribution in [0.2, 0.25) is 0 Å². The lowest BCUT2D eigenvalue weighted by molar-refractivity contribution is 0.796. The van der Waals surface area contributed by atoms with E-state index in [0.717, 1.165) is 0 Å².